The second-order valence-corrected chi connectivity index (χ2v) is 6.38. The number of anilines is 1. The molecule has 1 aliphatic carbocycles. The van der Waals surface area contributed by atoms with Crippen LogP contribution in [0.2, 0.25) is 0 Å². The largest absolute Gasteiger partial charge is 0.367 e. The lowest BCUT2D eigenvalue weighted by Crippen LogP contribution is -2.18. The Bertz CT molecular complexity index is 838. The first-order chi connectivity index (χ1) is 11.8. The zero-order chi connectivity index (χ0) is 16.4. The molecule has 0 aliphatic heterocycles. The monoisotopic (exact) mass is 325 g/mol. The van der Waals surface area contributed by atoms with Crippen molar-refractivity contribution in [3.8, 4) is 11.4 Å². The van der Waals surface area contributed by atoms with E-state index in [1.165, 1.54) is 38.3 Å². The van der Waals surface area contributed by atoms with Gasteiger partial charge in [0.1, 0.15) is 5.65 Å². The molecule has 6 heteroatoms. The highest BCUT2D eigenvalue weighted by molar-refractivity contribution is 5.91. The third-order valence-corrected chi connectivity index (χ3v) is 4.72. The molecular weight excluding hydrogens is 305 g/mol. The molecule has 0 atom stereocenters. The molecule has 1 saturated carbocycles. The summed E-state index contributed by atoms with van der Waals surface area (Å²) in [4.78, 5) is 15.9. The van der Waals surface area contributed by atoms with Crippen molar-refractivity contribution in [2.75, 3.05) is 11.9 Å². The van der Waals surface area contributed by atoms with E-state index in [0.29, 0.717) is 11.7 Å². The first-order valence-corrected chi connectivity index (χ1v) is 8.50. The number of H-pyrrole nitrogens is 1. The van der Waals surface area contributed by atoms with Crippen LogP contribution in [0.5, 0.6) is 0 Å². The lowest BCUT2D eigenvalue weighted by atomic mass is 9.89. The fraction of sp³-hybridized carbons (Fsp3) is 0.389. The summed E-state index contributed by atoms with van der Waals surface area (Å²) in [7, 11) is 0. The van der Waals surface area contributed by atoms with Crippen LogP contribution in [0.4, 0.5) is 10.2 Å². The number of pyridine rings is 1. The molecule has 3 heterocycles. The molecule has 0 saturated heterocycles. The molecule has 3 aromatic heterocycles. The van der Waals surface area contributed by atoms with E-state index in [2.05, 4.69) is 25.3 Å². The molecule has 1 aliphatic rings. The number of aromatic nitrogens is 4. The van der Waals surface area contributed by atoms with Gasteiger partial charge in [0.15, 0.2) is 17.5 Å². The van der Waals surface area contributed by atoms with E-state index in [4.69, 9.17) is 0 Å². The molecular formula is C18H20FN5. The molecule has 24 heavy (non-hydrogen) atoms. The van der Waals surface area contributed by atoms with Crippen LogP contribution in [0.1, 0.15) is 32.1 Å². The van der Waals surface area contributed by atoms with Crippen molar-refractivity contribution < 1.29 is 4.39 Å². The zero-order valence-corrected chi connectivity index (χ0v) is 13.4. The van der Waals surface area contributed by atoms with Gasteiger partial charge in [-0.25, -0.2) is 19.3 Å². The number of halogens is 1. The van der Waals surface area contributed by atoms with Crippen molar-refractivity contribution in [1.29, 1.82) is 0 Å². The summed E-state index contributed by atoms with van der Waals surface area (Å²) >= 11 is 0. The highest BCUT2D eigenvalue weighted by Crippen LogP contribution is 2.27. The number of nitrogens with zero attached hydrogens (tertiary/aromatic N) is 3. The molecule has 0 amide bonds. The highest BCUT2D eigenvalue weighted by atomic mass is 19.1. The third kappa shape index (κ3) is 2.96. The van der Waals surface area contributed by atoms with Gasteiger partial charge in [-0.1, -0.05) is 19.3 Å². The van der Waals surface area contributed by atoms with Crippen LogP contribution < -0.4 is 5.32 Å². The number of hydrogen-bond donors (Lipinski definition) is 2. The van der Waals surface area contributed by atoms with E-state index in [-0.39, 0.29) is 5.82 Å². The Morgan fingerprint density at radius 3 is 2.96 bits per heavy atom. The van der Waals surface area contributed by atoms with Crippen molar-refractivity contribution in [1.82, 2.24) is 19.9 Å². The zero-order valence-electron chi connectivity index (χ0n) is 13.4. The maximum Gasteiger partial charge on any atom is 0.183 e. The van der Waals surface area contributed by atoms with E-state index >= 15 is 0 Å². The molecule has 0 spiro atoms. The SMILES string of the molecule is Fc1cnc(-c2c[nH]c3ncccc23)nc1NCC1CCCCC1. The van der Waals surface area contributed by atoms with Gasteiger partial charge in [0.25, 0.3) is 0 Å². The van der Waals surface area contributed by atoms with Crippen LogP contribution >= 0.6 is 0 Å². The standard InChI is InChI=1S/C18H20FN5/c19-15-11-23-17(14-10-22-16-13(14)7-4-8-20-16)24-18(15)21-9-12-5-2-1-3-6-12/h4,7-8,10-12H,1-3,5-6,9H2,(H,20,22)(H,21,23,24). The van der Waals surface area contributed by atoms with Gasteiger partial charge >= 0.3 is 0 Å². The van der Waals surface area contributed by atoms with E-state index < -0.39 is 5.82 Å². The minimum atomic E-state index is -0.410. The summed E-state index contributed by atoms with van der Waals surface area (Å²) in [6.07, 6.45) is 11.1. The maximum absolute atomic E-state index is 14.1. The van der Waals surface area contributed by atoms with Crippen LogP contribution in [0.15, 0.2) is 30.7 Å². The topological polar surface area (TPSA) is 66.5 Å². The molecule has 2 N–H and O–H groups in total. The summed E-state index contributed by atoms with van der Waals surface area (Å²) in [6, 6.07) is 3.82. The van der Waals surface area contributed by atoms with Gasteiger partial charge in [0, 0.05) is 29.9 Å². The highest BCUT2D eigenvalue weighted by Gasteiger charge is 2.16. The molecule has 3 aromatic rings. The Hall–Kier alpha value is -2.50. The van der Waals surface area contributed by atoms with Gasteiger partial charge in [0.05, 0.1) is 6.20 Å². The first-order valence-electron chi connectivity index (χ1n) is 8.50. The van der Waals surface area contributed by atoms with E-state index in [9.17, 15) is 4.39 Å². The summed E-state index contributed by atoms with van der Waals surface area (Å²) in [6.45, 7) is 0.767. The Labute approximate surface area is 139 Å². The van der Waals surface area contributed by atoms with E-state index in [0.717, 1.165) is 23.1 Å². The lowest BCUT2D eigenvalue weighted by Gasteiger charge is -2.22. The average Bonchev–Trinajstić information content (AvgIpc) is 3.06. The maximum atomic E-state index is 14.1. The van der Waals surface area contributed by atoms with Crippen molar-refractivity contribution >= 4 is 16.9 Å². The van der Waals surface area contributed by atoms with Crippen LogP contribution in [0, 0.1) is 11.7 Å². The van der Waals surface area contributed by atoms with E-state index in [1.807, 2.05) is 18.3 Å². The van der Waals surface area contributed by atoms with Crippen molar-refractivity contribution in [3.63, 3.8) is 0 Å². The van der Waals surface area contributed by atoms with Gasteiger partial charge in [0.2, 0.25) is 0 Å². The van der Waals surface area contributed by atoms with Gasteiger partial charge in [-0.15, -0.1) is 0 Å². The van der Waals surface area contributed by atoms with Gasteiger partial charge < -0.3 is 10.3 Å². The molecule has 124 valence electrons. The molecule has 5 nitrogen and oxygen atoms in total. The number of aromatic amines is 1. The van der Waals surface area contributed by atoms with Crippen molar-refractivity contribution in [2.45, 2.75) is 32.1 Å². The van der Waals surface area contributed by atoms with Crippen molar-refractivity contribution in [3.05, 3.63) is 36.5 Å². The number of hydrogen-bond acceptors (Lipinski definition) is 4. The van der Waals surface area contributed by atoms with Crippen LogP contribution in [0.25, 0.3) is 22.4 Å². The fourth-order valence-corrected chi connectivity index (χ4v) is 3.39. The second kappa shape index (κ2) is 6.55. The number of nitrogens with one attached hydrogen (secondary N) is 2. The lowest BCUT2D eigenvalue weighted by molar-refractivity contribution is 0.373. The Kier molecular flexibility index (Phi) is 4.11. The normalized spacial score (nSPS) is 15.7. The smallest absolute Gasteiger partial charge is 0.183 e. The minimum Gasteiger partial charge on any atom is -0.367 e. The predicted octanol–water partition coefficient (Wildman–Crippen LogP) is 4.15. The van der Waals surface area contributed by atoms with Crippen molar-refractivity contribution in [2.24, 2.45) is 5.92 Å². The predicted molar refractivity (Wildman–Crippen MR) is 92.1 cm³/mol. The summed E-state index contributed by atoms with van der Waals surface area (Å²) in [5.41, 5.74) is 1.61. The Balaban J connectivity index is 1.58. The summed E-state index contributed by atoms with van der Waals surface area (Å²) in [5, 5.41) is 4.11. The first kappa shape index (κ1) is 15.1. The molecule has 0 unspecified atom stereocenters. The molecule has 0 radical (unpaired) electrons. The summed E-state index contributed by atoms with van der Waals surface area (Å²) in [5.74, 6) is 0.979. The molecule has 0 aromatic carbocycles. The quantitative estimate of drug-likeness (QED) is 0.756. The van der Waals surface area contributed by atoms with Gasteiger partial charge in [-0.05, 0) is 30.9 Å². The van der Waals surface area contributed by atoms with E-state index in [1.54, 1.807) is 6.20 Å². The molecule has 0 bridgehead atoms. The van der Waals surface area contributed by atoms with Crippen LogP contribution in [-0.2, 0) is 0 Å². The molecule has 1 fully saturated rings. The minimum absolute atomic E-state index is 0.281. The Morgan fingerprint density at radius 1 is 1.21 bits per heavy atom. The fourth-order valence-electron chi connectivity index (χ4n) is 3.39. The molecule has 4 rings (SSSR count). The number of rotatable bonds is 4. The average molecular weight is 325 g/mol. The summed E-state index contributed by atoms with van der Waals surface area (Å²) < 4.78 is 14.1. The Morgan fingerprint density at radius 2 is 2.08 bits per heavy atom. The van der Waals surface area contributed by atoms with Gasteiger partial charge in [-0.3, -0.25) is 0 Å². The van der Waals surface area contributed by atoms with Gasteiger partial charge in [-0.2, -0.15) is 0 Å². The second-order valence-electron chi connectivity index (χ2n) is 6.38. The van der Waals surface area contributed by atoms with Crippen LogP contribution in [0.3, 0.4) is 0 Å². The third-order valence-electron chi connectivity index (χ3n) is 4.72. The van der Waals surface area contributed by atoms with Crippen LogP contribution in [-0.4, -0.2) is 26.5 Å². The number of fused-ring (bicyclic) bond motifs is 1.